The minimum absolute atomic E-state index is 0.0287. The first-order valence-corrected chi connectivity index (χ1v) is 7.19. The fourth-order valence-corrected chi connectivity index (χ4v) is 3.29. The van der Waals surface area contributed by atoms with Gasteiger partial charge in [0.1, 0.15) is 5.82 Å². The van der Waals surface area contributed by atoms with Gasteiger partial charge < -0.3 is 5.32 Å². The predicted molar refractivity (Wildman–Crippen MR) is 80.8 cm³/mol. The highest BCUT2D eigenvalue weighted by Crippen LogP contribution is 2.37. The van der Waals surface area contributed by atoms with Gasteiger partial charge in [0.25, 0.3) is 0 Å². The molecule has 104 valence electrons. The summed E-state index contributed by atoms with van der Waals surface area (Å²) in [5.74, 6) is -0.176. The monoisotopic (exact) mass is 289 g/mol. The number of hydrogen-bond acceptors (Lipinski definition) is 1. The van der Waals surface area contributed by atoms with E-state index in [0.29, 0.717) is 0 Å². The van der Waals surface area contributed by atoms with Gasteiger partial charge >= 0.3 is 0 Å². The molecular weight excluding hydrogens is 273 g/mol. The fourth-order valence-electron chi connectivity index (χ4n) is 2.95. The highest BCUT2D eigenvalue weighted by Gasteiger charge is 2.40. The molecule has 3 heteroatoms. The first-order chi connectivity index (χ1) is 9.61. The number of aryl methyl sites for hydroxylation is 1. The van der Waals surface area contributed by atoms with Crippen molar-refractivity contribution in [1.29, 1.82) is 0 Å². The molecule has 1 fully saturated rings. The van der Waals surface area contributed by atoms with Crippen LogP contribution in [0, 0.1) is 12.7 Å². The van der Waals surface area contributed by atoms with Crippen molar-refractivity contribution >= 4 is 11.6 Å². The summed E-state index contributed by atoms with van der Waals surface area (Å²) in [5, 5.41) is 4.16. The van der Waals surface area contributed by atoms with Gasteiger partial charge in [-0.05, 0) is 48.2 Å². The smallest absolute Gasteiger partial charge is 0.123 e. The van der Waals surface area contributed by atoms with Crippen LogP contribution in [0.2, 0.25) is 5.02 Å². The summed E-state index contributed by atoms with van der Waals surface area (Å²) in [7, 11) is 0. The Kier molecular flexibility index (Phi) is 3.53. The van der Waals surface area contributed by atoms with Crippen molar-refractivity contribution in [2.45, 2.75) is 18.8 Å². The normalized spacial score (nSPS) is 16.8. The zero-order valence-corrected chi connectivity index (χ0v) is 12.2. The first-order valence-electron chi connectivity index (χ1n) is 6.81. The third-order valence-corrected chi connectivity index (χ3v) is 4.54. The Morgan fingerprint density at radius 1 is 1.20 bits per heavy atom. The Labute approximate surface area is 123 Å². The van der Waals surface area contributed by atoms with Crippen molar-refractivity contribution in [3.8, 4) is 0 Å². The minimum Gasteiger partial charge on any atom is -0.315 e. The van der Waals surface area contributed by atoms with Crippen molar-refractivity contribution < 1.29 is 4.39 Å². The van der Waals surface area contributed by atoms with E-state index in [2.05, 4.69) is 11.4 Å². The summed E-state index contributed by atoms with van der Waals surface area (Å²) in [6.07, 6.45) is 0.885. The summed E-state index contributed by atoms with van der Waals surface area (Å²) < 4.78 is 13.2. The Morgan fingerprint density at radius 2 is 1.95 bits per heavy atom. The lowest BCUT2D eigenvalue weighted by atomic mass is 9.70. The molecule has 0 atom stereocenters. The summed E-state index contributed by atoms with van der Waals surface area (Å²) in [4.78, 5) is 0. The molecule has 0 aromatic heterocycles. The molecular formula is C17H17ClFN. The molecule has 1 N–H and O–H groups in total. The summed E-state index contributed by atoms with van der Waals surface area (Å²) >= 11 is 6.36. The highest BCUT2D eigenvalue weighted by molar-refractivity contribution is 6.31. The van der Waals surface area contributed by atoms with Crippen LogP contribution in [-0.2, 0) is 11.8 Å². The molecule has 1 aliphatic heterocycles. The van der Waals surface area contributed by atoms with Gasteiger partial charge in [-0.2, -0.15) is 0 Å². The number of benzene rings is 2. The SMILES string of the molecule is Cc1cc(F)ccc1CC1(c2ccccc2Cl)CNC1. The van der Waals surface area contributed by atoms with E-state index in [1.165, 1.54) is 17.2 Å². The van der Waals surface area contributed by atoms with E-state index >= 15 is 0 Å². The Morgan fingerprint density at radius 3 is 2.55 bits per heavy atom. The third kappa shape index (κ3) is 2.34. The second-order valence-corrected chi connectivity index (χ2v) is 6.02. The van der Waals surface area contributed by atoms with Gasteiger partial charge in [0.15, 0.2) is 0 Å². The van der Waals surface area contributed by atoms with Crippen molar-refractivity contribution in [2.75, 3.05) is 13.1 Å². The van der Waals surface area contributed by atoms with Crippen molar-refractivity contribution in [3.05, 3.63) is 70.0 Å². The van der Waals surface area contributed by atoms with Crippen molar-refractivity contribution in [2.24, 2.45) is 0 Å². The molecule has 0 bridgehead atoms. The molecule has 0 amide bonds. The van der Waals surface area contributed by atoms with Crippen LogP contribution < -0.4 is 5.32 Å². The Bertz CT molecular complexity index is 635. The van der Waals surface area contributed by atoms with Crippen LogP contribution in [0.1, 0.15) is 16.7 Å². The predicted octanol–water partition coefficient (Wildman–Crippen LogP) is 3.87. The summed E-state index contributed by atoms with van der Waals surface area (Å²) in [6.45, 7) is 3.78. The van der Waals surface area contributed by atoms with E-state index in [1.54, 1.807) is 6.07 Å². The van der Waals surface area contributed by atoms with Crippen LogP contribution in [0.4, 0.5) is 4.39 Å². The lowest BCUT2D eigenvalue weighted by molar-refractivity contribution is 0.274. The van der Waals surface area contributed by atoms with Gasteiger partial charge in [-0.3, -0.25) is 0 Å². The molecule has 1 heterocycles. The van der Waals surface area contributed by atoms with Gasteiger partial charge in [0.05, 0.1) is 0 Å². The molecule has 3 rings (SSSR count). The van der Waals surface area contributed by atoms with E-state index in [9.17, 15) is 4.39 Å². The van der Waals surface area contributed by atoms with Crippen LogP contribution in [0.5, 0.6) is 0 Å². The molecule has 0 saturated carbocycles. The molecule has 2 aromatic rings. The molecule has 0 unspecified atom stereocenters. The molecule has 2 aromatic carbocycles. The average Bonchev–Trinajstić information content (AvgIpc) is 2.37. The topological polar surface area (TPSA) is 12.0 Å². The zero-order chi connectivity index (χ0) is 14.2. The molecule has 1 aliphatic rings. The van der Waals surface area contributed by atoms with Gasteiger partial charge in [-0.25, -0.2) is 4.39 Å². The average molecular weight is 290 g/mol. The van der Waals surface area contributed by atoms with Crippen LogP contribution >= 0.6 is 11.6 Å². The van der Waals surface area contributed by atoms with E-state index in [1.807, 2.05) is 31.2 Å². The maximum absolute atomic E-state index is 13.2. The molecule has 0 aliphatic carbocycles. The first kappa shape index (κ1) is 13.6. The second-order valence-electron chi connectivity index (χ2n) is 5.61. The number of halogens is 2. The second kappa shape index (κ2) is 5.19. The number of rotatable bonds is 3. The highest BCUT2D eigenvalue weighted by atomic mass is 35.5. The van der Waals surface area contributed by atoms with Gasteiger partial charge in [0, 0.05) is 23.5 Å². The third-order valence-electron chi connectivity index (χ3n) is 4.21. The lowest BCUT2D eigenvalue weighted by Crippen LogP contribution is -2.58. The van der Waals surface area contributed by atoms with E-state index in [-0.39, 0.29) is 11.2 Å². The van der Waals surface area contributed by atoms with Crippen LogP contribution in [-0.4, -0.2) is 13.1 Å². The lowest BCUT2D eigenvalue weighted by Gasteiger charge is -2.44. The quantitative estimate of drug-likeness (QED) is 0.904. The Balaban J connectivity index is 1.96. The van der Waals surface area contributed by atoms with Gasteiger partial charge in [-0.1, -0.05) is 35.9 Å². The van der Waals surface area contributed by atoms with E-state index < -0.39 is 0 Å². The van der Waals surface area contributed by atoms with E-state index in [4.69, 9.17) is 11.6 Å². The van der Waals surface area contributed by atoms with Crippen LogP contribution in [0.3, 0.4) is 0 Å². The minimum atomic E-state index is -0.176. The van der Waals surface area contributed by atoms with Crippen LogP contribution in [0.15, 0.2) is 42.5 Å². The van der Waals surface area contributed by atoms with Gasteiger partial charge in [-0.15, -0.1) is 0 Å². The van der Waals surface area contributed by atoms with Crippen molar-refractivity contribution in [1.82, 2.24) is 5.32 Å². The van der Waals surface area contributed by atoms with Crippen molar-refractivity contribution in [3.63, 3.8) is 0 Å². The summed E-state index contributed by atoms with van der Waals surface area (Å²) in [6, 6.07) is 13.0. The van der Waals surface area contributed by atoms with E-state index in [0.717, 1.165) is 30.1 Å². The zero-order valence-electron chi connectivity index (χ0n) is 11.4. The molecule has 1 saturated heterocycles. The Hall–Kier alpha value is -1.38. The molecule has 20 heavy (non-hydrogen) atoms. The largest absolute Gasteiger partial charge is 0.315 e. The molecule has 0 spiro atoms. The number of hydrogen-bond donors (Lipinski definition) is 1. The molecule has 0 radical (unpaired) electrons. The standard InChI is InChI=1S/C17H17ClFN/c1-12-8-14(19)7-6-13(12)9-17(10-20-11-17)15-4-2-3-5-16(15)18/h2-8,20H,9-11H2,1H3. The fraction of sp³-hybridized carbons (Fsp3) is 0.294. The van der Waals surface area contributed by atoms with Crippen LogP contribution in [0.25, 0.3) is 0 Å². The van der Waals surface area contributed by atoms with Gasteiger partial charge in [0.2, 0.25) is 0 Å². The summed E-state index contributed by atoms with van der Waals surface area (Å²) in [5.41, 5.74) is 3.40. The maximum Gasteiger partial charge on any atom is 0.123 e. The molecule has 1 nitrogen and oxygen atoms in total. The maximum atomic E-state index is 13.2. The number of nitrogens with one attached hydrogen (secondary N) is 1.